The monoisotopic (exact) mass is 306 g/mol. The number of carbonyl (C=O) groups excluding carboxylic acids is 1. The predicted molar refractivity (Wildman–Crippen MR) is 95.9 cm³/mol. The summed E-state index contributed by atoms with van der Waals surface area (Å²) in [4.78, 5) is 11.1. The molecule has 0 radical (unpaired) electrons. The van der Waals surface area contributed by atoms with E-state index in [4.69, 9.17) is 4.74 Å². The summed E-state index contributed by atoms with van der Waals surface area (Å²) in [6, 6.07) is 0. The van der Waals surface area contributed by atoms with Gasteiger partial charge in [-0.25, -0.2) is 0 Å². The van der Waals surface area contributed by atoms with E-state index in [1.807, 2.05) is 6.92 Å². The summed E-state index contributed by atoms with van der Waals surface area (Å²) < 4.78 is 4.90. The molecule has 0 bridgehead atoms. The first-order valence-corrected chi connectivity index (χ1v) is 8.91. The summed E-state index contributed by atoms with van der Waals surface area (Å²) in [5.74, 6) is -0.0567. The van der Waals surface area contributed by atoms with Crippen LogP contribution in [0.3, 0.4) is 0 Å². The van der Waals surface area contributed by atoms with Crippen LogP contribution in [0.25, 0.3) is 0 Å². The molecule has 0 aliphatic heterocycles. The summed E-state index contributed by atoms with van der Waals surface area (Å²) >= 11 is 0. The van der Waals surface area contributed by atoms with Gasteiger partial charge in [-0.05, 0) is 45.4 Å². The predicted octanol–water partition coefficient (Wildman–Crippen LogP) is 6.14. The van der Waals surface area contributed by atoms with Crippen LogP contribution in [0.5, 0.6) is 0 Å². The van der Waals surface area contributed by atoms with E-state index in [2.05, 4.69) is 43.4 Å². The second-order valence-corrected chi connectivity index (χ2v) is 5.43. The van der Waals surface area contributed by atoms with Gasteiger partial charge in [0, 0.05) is 6.42 Å². The minimum absolute atomic E-state index is 0.0567. The Kier molecular flexibility index (Phi) is 16.7. The summed E-state index contributed by atoms with van der Waals surface area (Å²) in [6.07, 6.45) is 24.1. The van der Waals surface area contributed by atoms with Crippen molar-refractivity contribution in [3.05, 3.63) is 36.5 Å². The summed E-state index contributed by atoms with van der Waals surface area (Å²) in [5, 5.41) is 0. The van der Waals surface area contributed by atoms with Gasteiger partial charge in [-0.15, -0.1) is 0 Å². The van der Waals surface area contributed by atoms with Crippen molar-refractivity contribution >= 4 is 5.97 Å². The van der Waals surface area contributed by atoms with Crippen LogP contribution < -0.4 is 0 Å². The molecule has 0 aromatic heterocycles. The molecule has 22 heavy (non-hydrogen) atoms. The quantitative estimate of drug-likeness (QED) is 0.219. The number of esters is 1. The summed E-state index contributed by atoms with van der Waals surface area (Å²) in [5.41, 5.74) is 0. The third-order valence-corrected chi connectivity index (χ3v) is 3.31. The molecule has 0 N–H and O–H groups in total. The van der Waals surface area contributed by atoms with E-state index < -0.39 is 0 Å². The zero-order valence-corrected chi connectivity index (χ0v) is 14.6. The van der Waals surface area contributed by atoms with E-state index in [0.29, 0.717) is 13.0 Å². The topological polar surface area (TPSA) is 26.3 Å². The average Bonchev–Trinajstić information content (AvgIpc) is 2.51. The maximum Gasteiger partial charge on any atom is 0.305 e. The molecule has 0 atom stereocenters. The standard InChI is InChI=1S/C20H34O2/c1-3-5-6-7-8-9-10-11-12-13-14-15-16-17-18-19-20(21)22-4-2/h6-7,9-10,12-13H,3-5,8,11,14-19H2,1-2H3/b7-6+,10-9+,13-12+. The summed E-state index contributed by atoms with van der Waals surface area (Å²) in [6.45, 7) is 4.54. The van der Waals surface area contributed by atoms with Gasteiger partial charge in [0.25, 0.3) is 0 Å². The van der Waals surface area contributed by atoms with Gasteiger partial charge in [-0.1, -0.05) is 62.6 Å². The Bertz CT molecular complexity index is 327. The number of hydrogen-bond acceptors (Lipinski definition) is 2. The number of rotatable bonds is 14. The molecule has 0 heterocycles. The van der Waals surface area contributed by atoms with E-state index >= 15 is 0 Å². The second kappa shape index (κ2) is 17.7. The SMILES string of the molecule is CCC/C=C/C/C=C/C/C=C/CCCCCCC(=O)OCC. The summed E-state index contributed by atoms with van der Waals surface area (Å²) in [7, 11) is 0. The molecule has 0 aromatic carbocycles. The number of allylic oxidation sites excluding steroid dienone is 6. The fraction of sp³-hybridized carbons (Fsp3) is 0.650. The largest absolute Gasteiger partial charge is 0.466 e. The van der Waals surface area contributed by atoms with Gasteiger partial charge in [0.1, 0.15) is 0 Å². The first-order chi connectivity index (χ1) is 10.8. The van der Waals surface area contributed by atoms with E-state index in [9.17, 15) is 4.79 Å². The highest BCUT2D eigenvalue weighted by atomic mass is 16.5. The molecule has 0 fully saturated rings. The van der Waals surface area contributed by atoms with Gasteiger partial charge in [-0.2, -0.15) is 0 Å². The van der Waals surface area contributed by atoms with Gasteiger partial charge in [-0.3, -0.25) is 4.79 Å². The Balaban J connectivity index is 3.30. The smallest absolute Gasteiger partial charge is 0.305 e. The van der Waals surface area contributed by atoms with E-state index in [1.54, 1.807) is 0 Å². The Morgan fingerprint density at radius 2 is 1.36 bits per heavy atom. The molecule has 0 unspecified atom stereocenters. The van der Waals surface area contributed by atoms with Crippen molar-refractivity contribution in [1.82, 2.24) is 0 Å². The van der Waals surface area contributed by atoms with Crippen molar-refractivity contribution in [2.24, 2.45) is 0 Å². The number of ether oxygens (including phenoxy) is 1. The minimum atomic E-state index is -0.0567. The molecule has 2 nitrogen and oxygen atoms in total. The van der Waals surface area contributed by atoms with Gasteiger partial charge < -0.3 is 4.74 Å². The zero-order valence-electron chi connectivity index (χ0n) is 14.6. The van der Waals surface area contributed by atoms with Crippen molar-refractivity contribution in [3.63, 3.8) is 0 Å². The lowest BCUT2D eigenvalue weighted by molar-refractivity contribution is -0.143. The van der Waals surface area contributed by atoms with Crippen LogP contribution >= 0.6 is 0 Å². The van der Waals surface area contributed by atoms with Gasteiger partial charge in [0.15, 0.2) is 0 Å². The Morgan fingerprint density at radius 1 is 0.773 bits per heavy atom. The lowest BCUT2D eigenvalue weighted by atomic mass is 10.1. The van der Waals surface area contributed by atoms with Crippen LogP contribution in [0.4, 0.5) is 0 Å². The van der Waals surface area contributed by atoms with Crippen LogP contribution in [0.15, 0.2) is 36.5 Å². The van der Waals surface area contributed by atoms with Crippen LogP contribution in [0.1, 0.15) is 78.1 Å². The lowest BCUT2D eigenvalue weighted by Crippen LogP contribution is -2.02. The molecule has 0 aliphatic rings. The molecule has 0 saturated heterocycles. The molecule has 0 rings (SSSR count). The molecule has 0 aliphatic carbocycles. The lowest BCUT2D eigenvalue weighted by Gasteiger charge is -2.01. The molecule has 0 amide bonds. The third kappa shape index (κ3) is 16.7. The molecular weight excluding hydrogens is 272 g/mol. The fourth-order valence-corrected chi connectivity index (χ4v) is 2.06. The van der Waals surface area contributed by atoms with E-state index in [1.165, 1.54) is 25.7 Å². The Morgan fingerprint density at radius 3 is 2.00 bits per heavy atom. The van der Waals surface area contributed by atoms with Crippen LogP contribution in [0, 0.1) is 0 Å². The van der Waals surface area contributed by atoms with E-state index in [0.717, 1.165) is 32.1 Å². The minimum Gasteiger partial charge on any atom is -0.466 e. The normalized spacial score (nSPS) is 11.9. The highest BCUT2D eigenvalue weighted by Crippen LogP contribution is 2.07. The fourth-order valence-electron chi connectivity index (χ4n) is 2.06. The number of hydrogen-bond donors (Lipinski definition) is 0. The van der Waals surface area contributed by atoms with Crippen molar-refractivity contribution < 1.29 is 9.53 Å². The maximum atomic E-state index is 11.1. The van der Waals surface area contributed by atoms with E-state index in [-0.39, 0.29) is 5.97 Å². The van der Waals surface area contributed by atoms with Crippen molar-refractivity contribution in [2.75, 3.05) is 6.61 Å². The zero-order chi connectivity index (χ0) is 16.3. The Labute approximate surface area is 137 Å². The van der Waals surface area contributed by atoms with Crippen molar-refractivity contribution in [1.29, 1.82) is 0 Å². The van der Waals surface area contributed by atoms with Gasteiger partial charge >= 0.3 is 5.97 Å². The molecule has 0 aromatic rings. The highest BCUT2D eigenvalue weighted by Gasteiger charge is 1.99. The number of carbonyl (C=O) groups is 1. The number of unbranched alkanes of at least 4 members (excludes halogenated alkanes) is 5. The van der Waals surface area contributed by atoms with Crippen molar-refractivity contribution in [2.45, 2.75) is 78.1 Å². The molecule has 2 heteroatoms. The Hall–Kier alpha value is -1.31. The van der Waals surface area contributed by atoms with Crippen LogP contribution in [0.2, 0.25) is 0 Å². The van der Waals surface area contributed by atoms with Gasteiger partial charge in [0.2, 0.25) is 0 Å². The van der Waals surface area contributed by atoms with Gasteiger partial charge in [0.05, 0.1) is 6.61 Å². The van der Waals surface area contributed by atoms with Crippen LogP contribution in [-0.4, -0.2) is 12.6 Å². The third-order valence-electron chi connectivity index (χ3n) is 3.31. The first-order valence-electron chi connectivity index (χ1n) is 8.91. The molecule has 126 valence electrons. The second-order valence-electron chi connectivity index (χ2n) is 5.43. The molecule has 0 saturated carbocycles. The van der Waals surface area contributed by atoms with Crippen molar-refractivity contribution in [3.8, 4) is 0 Å². The average molecular weight is 306 g/mol. The molecule has 0 spiro atoms. The van der Waals surface area contributed by atoms with Crippen LogP contribution in [-0.2, 0) is 9.53 Å². The first kappa shape index (κ1) is 20.7. The molecular formula is C20H34O2. The maximum absolute atomic E-state index is 11.1. The highest BCUT2D eigenvalue weighted by molar-refractivity contribution is 5.69.